The fourth-order valence-electron chi connectivity index (χ4n) is 2.98. The summed E-state index contributed by atoms with van der Waals surface area (Å²) in [5, 5.41) is 0. The summed E-state index contributed by atoms with van der Waals surface area (Å²) in [7, 11) is 0. The van der Waals surface area contributed by atoms with Gasteiger partial charge in [0.05, 0.1) is 0 Å². The first kappa shape index (κ1) is 16.2. The molecule has 24 heavy (non-hydrogen) atoms. The highest BCUT2D eigenvalue weighted by Gasteiger charge is 2.22. The molecule has 1 fully saturated rings. The molecule has 2 aromatic heterocycles. The predicted octanol–water partition coefficient (Wildman–Crippen LogP) is 0.730. The van der Waals surface area contributed by atoms with E-state index in [1.165, 1.54) is 11.6 Å². The molecule has 3 rings (SSSR count). The van der Waals surface area contributed by atoms with Crippen LogP contribution in [0.25, 0.3) is 0 Å². The van der Waals surface area contributed by atoms with E-state index >= 15 is 0 Å². The summed E-state index contributed by atoms with van der Waals surface area (Å²) in [5.41, 5.74) is 6.60. The van der Waals surface area contributed by atoms with Gasteiger partial charge in [0.2, 0.25) is 5.95 Å². The highest BCUT2D eigenvalue weighted by Crippen LogP contribution is 2.22. The second-order valence-corrected chi connectivity index (χ2v) is 5.98. The van der Waals surface area contributed by atoms with E-state index < -0.39 is 0 Å². The van der Waals surface area contributed by atoms with Crippen molar-refractivity contribution in [2.45, 2.75) is 26.7 Å². The van der Waals surface area contributed by atoms with E-state index in [4.69, 9.17) is 5.73 Å². The van der Waals surface area contributed by atoms with Gasteiger partial charge in [-0.1, -0.05) is 13.3 Å². The van der Waals surface area contributed by atoms with Gasteiger partial charge in [-0.2, -0.15) is 4.98 Å². The summed E-state index contributed by atoms with van der Waals surface area (Å²) >= 11 is 0. The number of rotatable bonds is 4. The van der Waals surface area contributed by atoms with Gasteiger partial charge in [-0.05, 0) is 13.3 Å². The number of anilines is 3. The smallest absolute Gasteiger partial charge is 0.254 e. The van der Waals surface area contributed by atoms with Crippen LogP contribution < -0.4 is 21.1 Å². The zero-order valence-corrected chi connectivity index (χ0v) is 14.1. The molecule has 0 unspecified atom stereocenters. The van der Waals surface area contributed by atoms with Crippen LogP contribution in [0.3, 0.4) is 0 Å². The van der Waals surface area contributed by atoms with Crippen molar-refractivity contribution < 1.29 is 0 Å². The summed E-state index contributed by atoms with van der Waals surface area (Å²) in [5.74, 6) is 2.60. The largest absolute Gasteiger partial charge is 0.369 e. The Morgan fingerprint density at radius 3 is 2.58 bits per heavy atom. The number of nitrogens with zero attached hydrogens (tertiary/aromatic N) is 5. The van der Waals surface area contributed by atoms with Crippen molar-refractivity contribution in [3.63, 3.8) is 0 Å². The van der Waals surface area contributed by atoms with Crippen molar-refractivity contribution in [3.8, 4) is 0 Å². The number of nitrogens with two attached hydrogens (primary N) is 1. The summed E-state index contributed by atoms with van der Waals surface area (Å²) in [6.45, 7) is 7.25. The SMILES string of the molecule is CCCc1cnc(C)nc1N1CCN(c2cc(=O)[nH]c(N)n2)CC1. The minimum atomic E-state index is -0.225. The van der Waals surface area contributed by atoms with Gasteiger partial charge in [0.1, 0.15) is 17.5 Å². The highest BCUT2D eigenvalue weighted by molar-refractivity contribution is 5.49. The van der Waals surface area contributed by atoms with Gasteiger partial charge >= 0.3 is 0 Å². The first-order valence-corrected chi connectivity index (χ1v) is 8.26. The van der Waals surface area contributed by atoms with E-state index in [9.17, 15) is 4.79 Å². The standard InChI is InChI=1S/C16H23N7O/c1-3-4-12-10-18-11(2)19-15(12)23-7-5-22(6-8-23)13-9-14(24)21-16(17)20-13/h9-10H,3-8H2,1-2H3,(H3,17,20,21,24). The minimum absolute atomic E-state index is 0.150. The molecule has 1 aliphatic heterocycles. The topological polar surface area (TPSA) is 104 Å². The molecule has 3 N–H and O–H groups in total. The van der Waals surface area contributed by atoms with Crippen LogP contribution in [0.4, 0.5) is 17.6 Å². The molecule has 0 aliphatic carbocycles. The van der Waals surface area contributed by atoms with Crippen molar-refractivity contribution in [2.24, 2.45) is 0 Å². The molecule has 3 heterocycles. The number of nitrogens with one attached hydrogen (secondary N) is 1. The molecule has 8 nitrogen and oxygen atoms in total. The molecule has 0 radical (unpaired) electrons. The number of H-pyrrole nitrogens is 1. The Morgan fingerprint density at radius 1 is 1.21 bits per heavy atom. The zero-order chi connectivity index (χ0) is 17.1. The maximum atomic E-state index is 11.6. The molecule has 0 atom stereocenters. The number of aromatic nitrogens is 4. The van der Waals surface area contributed by atoms with Crippen LogP contribution in [0.15, 0.2) is 17.1 Å². The molecule has 128 valence electrons. The number of hydrogen-bond donors (Lipinski definition) is 2. The van der Waals surface area contributed by atoms with Gasteiger partial charge in [-0.15, -0.1) is 0 Å². The number of piperazine rings is 1. The van der Waals surface area contributed by atoms with E-state index in [2.05, 4.69) is 36.7 Å². The Labute approximate surface area is 140 Å². The Hall–Kier alpha value is -2.64. The van der Waals surface area contributed by atoms with Crippen molar-refractivity contribution in [1.29, 1.82) is 0 Å². The number of nitrogen functional groups attached to an aromatic ring is 1. The van der Waals surface area contributed by atoms with E-state index in [1.54, 1.807) is 0 Å². The average Bonchev–Trinajstić information content (AvgIpc) is 2.56. The Kier molecular flexibility index (Phi) is 4.64. The van der Waals surface area contributed by atoms with Gasteiger partial charge in [-0.3, -0.25) is 9.78 Å². The third-order valence-electron chi connectivity index (χ3n) is 4.13. The lowest BCUT2D eigenvalue weighted by Gasteiger charge is -2.36. The molecule has 0 aromatic carbocycles. The summed E-state index contributed by atoms with van der Waals surface area (Å²) in [4.78, 5) is 31.6. The van der Waals surface area contributed by atoms with Crippen molar-refractivity contribution in [3.05, 3.63) is 34.0 Å². The lowest BCUT2D eigenvalue weighted by atomic mass is 10.1. The van der Waals surface area contributed by atoms with Gasteiger partial charge < -0.3 is 15.5 Å². The van der Waals surface area contributed by atoms with Crippen LogP contribution in [0, 0.1) is 6.92 Å². The predicted molar refractivity (Wildman–Crippen MR) is 94.5 cm³/mol. The van der Waals surface area contributed by atoms with Crippen molar-refractivity contribution >= 4 is 17.6 Å². The first-order chi connectivity index (χ1) is 11.6. The number of aryl methyl sites for hydroxylation is 2. The van der Waals surface area contributed by atoms with Gasteiger partial charge in [-0.25, -0.2) is 9.97 Å². The molecule has 0 spiro atoms. The Morgan fingerprint density at radius 2 is 1.92 bits per heavy atom. The van der Waals surface area contributed by atoms with E-state index in [-0.39, 0.29) is 11.5 Å². The third kappa shape index (κ3) is 3.47. The monoisotopic (exact) mass is 329 g/mol. The quantitative estimate of drug-likeness (QED) is 0.852. The lowest BCUT2D eigenvalue weighted by molar-refractivity contribution is 0.635. The maximum absolute atomic E-state index is 11.6. The second kappa shape index (κ2) is 6.86. The second-order valence-electron chi connectivity index (χ2n) is 5.98. The third-order valence-corrected chi connectivity index (χ3v) is 4.13. The fraction of sp³-hybridized carbons (Fsp3) is 0.500. The number of hydrogen-bond acceptors (Lipinski definition) is 7. The van der Waals surface area contributed by atoms with Crippen molar-refractivity contribution in [2.75, 3.05) is 41.7 Å². The van der Waals surface area contributed by atoms with Crippen LogP contribution in [-0.2, 0) is 6.42 Å². The molecule has 8 heteroatoms. The van der Waals surface area contributed by atoms with Gasteiger partial charge in [0, 0.05) is 44.0 Å². The molecule has 2 aromatic rings. The Balaban J connectivity index is 1.75. The zero-order valence-electron chi connectivity index (χ0n) is 14.1. The van der Waals surface area contributed by atoms with Crippen LogP contribution in [-0.4, -0.2) is 46.1 Å². The van der Waals surface area contributed by atoms with Gasteiger partial charge in [0.25, 0.3) is 5.56 Å². The van der Waals surface area contributed by atoms with E-state index in [1.807, 2.05) is 13.1 Å². The van der Waals surface area contributed by atoms with Crippen LogP contribution in [0.1, 0.15) is 24.7 Å². The van der Waals surface area contributed by atoms with E-state index in [0.29, 0.717) is 5.82 Å². The molecular weight excluding hydrogens is 306 g/mol. The van der Waals surface area contributed by atoms with Crippen LogP contribution >= 0.6 is 0 Å². The molecule has 1 aliphatic rings. The highest BCUT2D eigenvalue weighted by atomic mass is 16.1. The fourth-order valence-corrected chi connectivity index (χ4v) is 2.98. The summed E-state index contributed by atoms with van der Waals surface area (Å²) in [6, 6.07) is 1.49. The summed E-state index contributed by atoms with van der Waals surface area (Å²) < 4.78 is 0. The molecule has 0 bridgehead atoms. The molecule has 0 amide bonds. The van der Waals surface area contributed by atoms with Gasteiger partial charge in [0.15, 0.2) is 0 Å². The normalized spacial score (nSPS) is 14.9. The molecule has 0 saturated carbocycles. The van der Waals surface area contributed by atoms with Crippen LogP contribution in [0.5, 0.6) is 0 Å². The Bertz CT molecular complexity index is 765. The number of aromatic amines is 1. The summed E-state index contributed by atoms with van der Waals surface area (Å²) in [6.07, 6.45) is 3.98. The van der Waals surface area contributed by atoms with Crippen molar-refractivity contribution in [1.82, 2.24) is 19.9 Å². The van der Waals surface area contributed by atoms with E-state index in [0.717, 1.165) is 50.7 Å². The average molecular weight is 329 g/mol. The molecular formula is C16H23N7O. The maximum Gasteiger partial charge on any atom is 0.254 e. The van der Waals surface area contributed by atoms with Crippen LogP contribution in [0.2, 0.25) is 0 Å². The minimum Gasteiger partial charge on any atom is -0.369 e. The molecule has 1 saturated heterocycles. The first-order valence-electron chi connectivity index (χ1n) is 8.26. The lowest BCUT2D eigenvalue weighted by Crippen LogP contribution is -2.47.